The summed E-state index contributed by atoms with van der Waals surface area (Å²) in [6.07, 6.45) is 0. The molecule has 0 aromatic carbocycles. The van der Waals surface area contributed by atoms with Gasteiger partial charge >= 0.3 is 0 Å². The minimum atomic E-state index is -3.36. The maximum absolute atomic E-state index is 11.7. The number of pyridine rings is 1. The Labute approximate surface area is 108 Å². The Bertz CT molecular complexity index is 556. The fourth-order valence-electron chi connectivity index (χ4n) is 1.34. The van der Waals surface area contributed by atoms with E-state index in [4.69, 9.17) is 5.73 Å². The van der Waals surface area contributed by atoms with Crippen LogP contribution in [0.3, 0.4) is 0 Å². The highest BCUT2D eigenvalue weighted by atomic mass is 32.2. The van der Waals surface area contributed by atoms with E-state index in [0.29, 0.717) is 5.69 Å². The van der Waals surface area contributed by atoms with Gasteiger partial charge in [0.2, 0.25) is 10.0 Å². The maximum Gasteiger partial charge on any atom is 0.234 e. The number of hydrogen-bond donors (Lipinski definition) is 2. The third kappa shape index (κ3) is 5.17. The number of aromatic nitrogens is 1. The van der Waals surface area contributed by atoms with E-state index in [1.54, 1.807) is 18.2 Å². The van der Waals surface area contributed by atoms with Gasteiger partial charge in [0.1, 0.15) is 11.5 Å². The van der Waals surface area contributed by atoms with Gasteiger partial charge in [-0.2, -0.15) is 0 Å². The number of nitrogens with zero attached hydrogens (tertiary/aromatic N) is 1. The van der Waals surface area contributed by atoms with Gasteiger partial charge in [-0.15, -0.1) is 0 Å². The minimum absolute atomic E-state index is 0.0581. The average molecular weight is 267 g/mol. The molecule has 0 atom stereocenters. The highest BCUT2D eigenvalue weighted by Crippen LogP contribution is 2.08. The van der Waals surface area contributed by atoms with E-state index >= 15 is 0 Å². The first kappa shape index (κ1) is 14.5. The summed E-state index contributed by atoms with van der Waals surface area (Å²) in [5.41, 5.74) is 5.75. The molecule has 1 aromatic rings. The van der Waals surface area contributed by atoms with E-state index in [-0.39, 0.29) is 24.0 Å². The number of anilines is 1. The number of rotatable bonds is 4. The van der Waals surface area contributed by atoms with Crippen LogP contribution < -0.4 is 10.5 Å². The normalized spacial score (nSPS) is 10.9. The Morgan fingerprint density at radius 1 is 1.44 bits per heavy atom. The van der Waals surface area contributed by atoms with E-state index in [1.807, 2.05) is 13.8 Å². The van der Waals surface area contributed by atoms with Crippen molar-refractivity contribution in [2.75, 3.05) is 17.0 Å². The van der Waals surface area contributed by atoms with Gasteiger partial charge in [0.25, 0.3) is 0 Å². The molecular weight excluding hydrogens is 250 g/mol. The lowest BCUT2D eigenvalue weighted by Crippen LogP contribution is -2.20. The topological polar surface area (TPSA) is 85.1 Å². The van der Waals surface area contributed by atoms with Crippen LogP contribution in [0.15, 0.2) is 18.2 Å². The lowest BCUT2D eigenvalue weighted by atomic mass is 10.3. The van der Waals surface area contributed by atoms with E-state index < -0.39 is 10.0 Å². The van der Waals surface area contributed by atoms with Crippen molar-refractivity contribution in [2.45, 2.75) is 13.8 Å². The van der Waals surface area contributed by atoms with Gasteiger partial charge in [0.05, 0.1) is 12.3 Å². The molecule has 0 saturated carbocycles. The lowest BCUT2D eigenvalue weighted by Gasteiger charge is -2.09. The van der Waals surface area contributed by atoms with Gasteiger partial charge in [0.15, 0.2) is 0 Å². The second-order valence-corrected chi connectivity index (χ2v) is 5.96. The number of sulfonamides is 1. The molecule has 0 aliphatic carbocycles. The quantitative estimate of drug-likeness (QED) is 0.790. The zero-order valence-electron chi connectivity index (χ0n) is 10.5. The maximum atomic E-state index is 11.7. The molecule has 0 radical (unpaired) electrons. The van der Waals surface area contributed by atoms with Crippen LogP contribution in [0.25, 0.3) is 0 Å². The second-order valence-electron chi connectivity index (χ2n) is 4.19. The van der Waals surface area contributed by atoms with Crippen molar-refractivity contribution < 1.29 is 8.42 Å². The summed E-state index contributed by atoms with van der Waals surface area (Å²) in [6, 6.07) is 4.98. The summed E-state index contributed by atoms with van der Waals surface area (Å²) in [4.78, 5) is 4.08. The summed E-state index contributed by atoms with van der Waals surface area (Å²) < 4.78 is 25.9. The van der Waals surface area contributed by atoms with Crippen LogP contribution in [0, 0.1) is 17.8 Å². The molecule has 0 amide bonds. The minimum Gasteiger partial charge on any atom is -0.320 e. The molecule has 0 saturated heterocycles. The highest BCUT2D eigenvalue weighted by Gasteiger charge is 2.13. The van der Waals surface area contributed by atoms with E-state index in [0.717, 1.165) is 0 Å². The Morgan fingerprint density at radius 2 is 2.17 bits per heavy atom. The summed E-state index contributed by atoms with van der Waals surface area (Å²) in [7, 11) is -3.36. The zero-order chi connectivity index (χ0) is 13.6. The smallest absolute Gasteiger partial charge is 0.234 e. The molecule has 1 rings (SSSR count). The molecule has 0 aliphatic rings. The van der Waals surface area contributed by atoms with E-state index in [9.17, 15) is 8.42 Å². The average Bonchev–Trinajstić information content (AvgIpc) is 2.24. The van der Waals surface area contributed by atoms with Crippen molar-refractivity contribution in [1.82, 2.24) is 4.98 Å². The predicted octanol–water partition coefficient (Wildman–Crippen LogP) is 0.790. The van der Waals surface area contributed by atoms with Gasteiger partial charge in [-0.25, -0.2) is 13.4 Å². The molecule has 98 valence electrons. The third-order valence-corrected chi connectivity index (χ3v) is 3.51. The molecule has 0 spiro atoms. The second kappa shape index (κ2) is 6.38. The predicted molar refractivity (Wildman–Crippen MR) is 72.4 cm³/mol. The molecule has 1 heterocycles. The summed E-state index contributed by atoms with van der Waals surface area (Å²) in [5, 5.41) is 0. The molecule has 18 heavy (non-hydrogen) atoms. The van der Waals surface area contributed by atoms with Crippen LogP contribution in [0.4, 0.5) is 5.82 Å². The molecule has 1 aromatic heterocycles. The van der Waals surface area contributed by atoms with Crippen LogP contribution in [0.5, 0.6) is 0 Å². The fourth-order valence-corrected chi connectivity index (χ4v) is 2.74. The van der Waals surface area contributed by atoms with Gasteiger partial charge in [-0.3, -0.25) is 4.72 Å². The first-order chi connectivity index (χ1) is 8.43. The van der Waals surface area contributed by atoms with Gasteiger partial charge < -0.3 is 5.73 Å². The van der Waals surface area contributed by atoms with Crippen molar-refractivity contribution in [3.8, 4) is 11.8 Å². The molecule has 0 unspecified atom stereocenters. The molecule has 0 bridgehead atoms. The largest absolute Gasteiger partial charge is 0.320 e. The number of hydrogen-bond acceptors (Lipinski definition) is 4. The number of nitrogens with one attached hydrogen (secondary N) is 1. The first-order valence-corrected chi connectivity index (χ1v) is 7.24. The molecule has 5 nitrogen and oxygen atoms in total. The molecule has 0 fully saturated rings. The Hall–Kier alpha value is -1.58. The highest BCUT2D eigenvalue weighted by molar-refractivity contribution is 7.92. The summed E-state index contributed by atoms with van der Waals surface area (Å²) in [5.74, 6) is 5.81. The fraction of sp³-hybridized carbons (Fsp3) is 0.417. The monoisotopic (exact) mass is 267 g/mol. The van der Waals surface area contributed by atoms with Crippen molar-refractivity contribution in [3.63, 3.8) is 0 Å². The number of nitrogens with two attached hydrogens (primary N) is 1. The van der Waals surface area contributed by atoms with Crippen LogP contribution in [-0.2, 0) is 10.0 Å². The molecule has 0 aliphatic heterocycles. The van der Waals surface area contributed by atoms with Crippen LogP contribution >= 0.6 is 0 Å². The van der Waals surface area contributed by atoms with Crippen LogP contribution in [0.1, 0.15) is 19.5 Å². The van der Waals surface area contributed by atoms with Crippen molar-refractivity contribution >= 4 is 15.8 Å². The lowest BCUT2D eigenvalue weighted by molar-refractivity contribution is 0.587. The van der Waals surface area contributed by atoms with Gasteiger partial charge in [-0.1, -0.05) is 25.8 Å². The summed E-state index contributed by atoms with van der Waals surface area (Å²) in [6.45, 7) is 3.93. The Kier molecular flexibility index (Phi) is 5.13. The van der Waals surface area contributed by atoms with Gasteiger partial charge in [0, 0.05) is 0 Å². The van der Waals surface area contributed by atoms with Crippen molar-refractivity contribution in [2.24, 2.45) is 11.7 Å². The van der Waals surface area contributed by atoms with Crippen molar-refractivity contribution in [1.29, 1.82) is 0 Å². The standard InChI is InChI=1S/C12H17N3O2S/c1-10(2)9-18(16,17)15-12-7-3-5-11(14-12)6-4-8-13/h3,5,7,10H,8-9,13H2,1-2H3,(H,14,15). The molecule has 3 N–H and O–H groups in total. The SMILES string of the molecule is CC(C)CS(=O)(=O)Nc1cccc(C#CCN)n1. The van der Waals surface area contributed by atoms with Crippen LogP contribution in [-0.4, -0.2) is 25.7 Å². The van der Waals surface area contributed by atoms with E-state index in [1.165, 1.54) is 0 Å². The summed E-state index contributed by atoms with van der Waals surface area (Å²) >= 11 is 0. The Balaban J connectivity index is 2.85. The van der Waals surface area contributed by atoms with E-state index in [2.05, 4.69) is 21.5 Å². The molecular formula is C12H17N3O2S. The third-order valence-electron chi connectivity index (χ3n) is 1.88. The Morgan fingerprint density at radius 3 is 2.78 bits per heavy atom. The first-order valence-electron chi connectivity index (χ1n) is 5.59. The van der Waals surface area contributed by atoms with Crippen LogP contribution in [0.2, 0.25) is 0 Å². The van der Waals surface area contributed by atoms with Gasteiger partial charge in [-0.05, 0) is 24.0 Å². The zero-order valence-corrected chi connectivity index (χ0v) is 11.3. The van der Waals surface area contributed by atoms with Crippen molar-refractivity contribution in [3.05, 3.63) is 23.9 Å². The molecule has 6 heteroatoms.